The summed E-state index contributed by atoms with van der Waals surface area (Å²) in [4.78, 5) is 38.9. The van der Waals surface area contributed by atoms with Gasteiger partial charge < -0.3 is 18.9 Å². The predicted molar refractivity (Wildman–Crippen MR) is 184 cm³/mol. The third-order valence-corrected chi connectivity index (χ3v) is 13.2. The highest BCUT2D eigenvalue weighted by Crippen LogP contribution is 2.76. The minimum atomic E-state index is -3.31. The number of aryl methyl sites for hydroxylation is 1. The van der Waals surface area contributed by atoms with Crippen LogP contribution in [0.15, 0.2) is 94.6 Å². The van der Waals surface area contributed by atoms with E-state index in [0.717, 1.165) is 16.7 Å². The molecule has 2 fully saturated rings. The largest absolute Gasteiger partial charge is 0.497 e. The van der Waals surface area contributed by atoms with Crippen LogP contribution < -0.4 is 20.7 Å². The Labute approximate surface area is 283 Å². The molecule has 3 unspecified atom stereocenters. The molecule has 0 radical (unpaired) electrons. The highest BCUT2D eigenvalue weighted by atomic mass is 32.7. The first-order valence-electron chi connectivity index (χ1n) is 15.7. The van der Waals surface area contributed by atoms with Gasteiger partial charge in [-0.1, -0.05) is 54.6 Å². The van der Waals surface area contributed by atoms with Crippen LogP contribution in [0.5, 0.6) is 11.5 Å². The fraction of sp³-hybridized carbons (Fsp3) is 0.371. The Kier molecular flexibility index (Phi) is 10.1. The van der Waals surface area contributed by atoms with Crippen molar-refractivity contribution in [2.45, 2.75) is 62.6 Å². The quantitative estimate of drug-likeness (QED) is 0.148. The number of H-pyrrole nitrogens is 1. The van der Waals surface area contributed by atoms with Crippen LogP contribution in [-0.4, -0.2) is 58.8 Å². The van der Waals surface area contributed by atoms with E-state index in [9.17, 15) is 14.5 Å². The zero-order valence-corrected chi connectivity index (χ0v) is 29.1. The number of hydrogen-bond acceptors (Lipinski definition) is 10. The van der Waals surface area contributed by atoms with Crippen LogP contribution in [0, 0.1) is 6.92 Å². The molecule has 2 aliphatic rings. The summed E-state index contributed by atoms with van der Waals surface area (Å²) in [6.45, 7) is 5.50. The molecule has 0 aliphatic carbocycles. The summed E-state index contributed by atoms with van der Waals surface area (Å²) in [5, 5.41) is 0.0245. The van der Waals surface area contributed by atoms with Crippen molar-refractivity contribution in [3.05, 3.63) is 128 Å². The maximum absolute atomic E-state index is 12.9. The molecule has 1 aromatic heterocycles. The van der Waals surface area contributed by atoms with E-state index in [1.807, 2.05) is 92.7 Å². The molecular formula is C35H40N2O9PS+. The second-order valence-corrected chi connectivity index (χ2v) is 16.2. The predicted octanol–water partition coefficient (Wildman–Crippen LogP) is 5.75. The Bertz CT molecular complexity index is 1760. The maximum atomic E-state index is 12.9. The summed E-state index contributed by atoms with van der Waals surface area (Å²) in [6, 6.07) is 25.3. The van der Waals surface area contributed by atoms with Crippen LogP contribution in [-0.2, 0) is 24.1 Å². The molecule has 0 saturated carbocycles. The Morgan fingerprint density at radius 3 is 2.06 bits per heavy atom. The molecule has 0 amide bonds. The van der Waals surface area contributed by atoms with E-state index in [0.29, 0.717) is 17.1 Å². The molecule has 2 aliphatic heterocycles. The zero-order valence-electron chi connectivity index (χ0n) is 27.4. The van der Waals surface area contributed by atoms with Crippen LogP contribution in [0.3, 0.4) is 0 Å². The summed E-state index contributed by atoms with van der Waals surface area (Å²) in [7, 11) is -0.0786. The average molecular weight is 696 g/mol. The molecule has 3 heterocycles. The van der Waals surface area contributed by atoms with Gasteiger partial charge in [0.05, 0.1) is 26.1 Å². The molecule has 0 spiro atoms. The molecule has 2 saturated heterocycles. The lowest BCUT2D eigenvalue weighted by molar-refractivity contribution is -0.0930. The number of methoxy groups -OCH3 is 2. The van der Waals surface area contributed by atoms with E-state index in [2.05, 4.69) is 4.98 Å². The Balaban J connectivity index is 1.41. The lowest BCUT2D eigenvalue weighted by Crippen LogP contribution is -2.38. The monoisotopic (exact) mass is 695 g/mol. The fourth-order valence-electron chi connectivity index (χ4n) is 6.05. The van der Waals surface area contributed by atoms with Gasteiger partial charge in [-0.3, -0.25) is 14.3 Å². The molecule has 254 valence electrons. The minimum Gasteiger partial charge on any atom is -0.497 e. The summed E-state index contributed by atoms with van der Waals surface area (Å²) < 4.78 is 38.2. The number of nitrogens with zero attached hydrogens (tertiary/aromatic N) is 1. The Morgan fingerprint density at radius 2 is 1.52 bits per heavy atom. The number of aromatic nitrogens is 2. The van der Waals surface area contributed by atoms with Crippen molar-refractivity contribution in [2.75, 3.05) is 20.8 Å². The second kappa shape index (κ2) is 14.2. The normalized spacial score (nSPS) is 25.7. The number of ether oxygens (including phenoxy) is 4. The van der Waals surface area contributed by atoms with Crippen molar-refractivity contribution >= 4 is 18.5 Å². The van der Waals surface area contributed by atoms with E-state index < -0.39 is 42.4 Å². The number of rotatable bonds is 11. The first-order chi connectivity index (χ1) is 23.0. The van der Waals surface area contributed by atoms with E-state index in [1.54, 1.807) is 21.1 Å². The van der Waals surface area contributed by atoms with Crippen LogP contribution in [0.25, 0.3) is 0 Å². The topological polar surface area (TPSA) is 130 Å². The van der Waals surface area contributed by atoms with Gasteiger partial charge in [-0.15, -0.1) is 0 Å². The second-order valence-electron chi connectivity index (χ2n) is 11.9. The van der Waals surface area contributed by atoms with Crippen LogP contribution >= 0.6 is 18.5 Å². The van der Waals surface area contributed by atoms with Crippen molar-refractivity contribution in [1.29, 1.82) is 0 Å². The van der Waals surface area contributed by atoms with Gasteiger partial charge in [0.15, 0.2) is 0 Å². The van der Waals surface area contributed by atoms with E-state index >= 15 is 0 Å². The van der Waals surface area contributed by atoms with E-state index in [1.165, 1.54) is 22.1 Å². The van der Waals surface area contributed by atoms with Crippen LogP contribution in [0.2, 0.25) is 0 Å². The third kappa shape index (κ3) is 6.84. The minimum absolute atomic E-state index is 0.000971. The molecule has 3 aromatic carbocycles. The lowest BCUT2D eigenvalue weighted by atomic mass is 9.80. The van der Waals surface area contributed by atoms with Crippen LogP contribution in [0.4, 0.5) is 0 Å². The van der Waals surface area contributed by atoms with Gasteiger partial charge in [-0.25, -0.2) is 4.79 Å². The first-order valence-corrected chi connectivity index (χ1v) is 18.7. The van der Waals surface area contributed by atoms with Crippen molar-refractivity contribution in [1.82, 2.24) is 9.55 Å². The van der Waals surface area contributed by atoms with Gasteiger partial charge in [-0.2, -0.15) is 13.9 Å². The Hall–Kier alpha value is -3.48. The lowest BCUT2D eigenvalue weighted by Gasteiger charge is -2.37. The van der Waals surface area contributed by atoms with Crippen molar-refractivity contribution in [2.24, 2.45) is 0 Å². The van der Waals surface area contributed by atoms with Gasteiger partial charge in [0, 0.05) is 18.2 Å². The first kappa shape index (κ1) is 34.4. The molecule has 4 aromatic rings. The maximum Gasteiger partial charge on any atom is 0.479 e. The van der Waals surface area contributed by atoms with Gasteiger partial charge in [0.2, 0.25) is 0 Å². The SMILES string of the molecule is COc1ccc(C(OC[C@H]2O[C@@H](n3cc(C)c(=O)[nH]c3=O)C[C@@H]2O[P+]2(O)OC(C)C(C)S2)(c2ccccc2)c2ccc(OC)cc2)cc1. The van der Waals surface area contributed by atoms with Gasteiger partial charge >= 0.3 is 12.8 Å². The number of hydrogen-bond donors (Lipinski definition) is 2. The molecule has 6 rings (SSSR count). The average Bonchev–Trinajstić information content (AvgIpc) is 3.60. The van der Waals surface area contributed by atoms with Gasteiger partial charge in [-0.05, 0) is 61.7 Å². The molecule has 2 N–H and O–H groups in total. The highest BCUT2D eigenvalue weighted by Gasteiger charge is 2.59. The molecule has 11 nitrogen and oxygen atoms in total. The fourth-order valence-corrected chi connectivity index (χ4v) is 10.9. The summed E-state index contributed by atoms with van der Waals surface area (Å²) in [6.07, 6.45) is -0.775. The third-order valence-electron chi connectivity index (χ3n) is 8.80. The van der Waals surface area contributed by atoms with Crippen molar-refractivity contribution < 1.29 is 32.9 Å². The molecule has 48 heavy (non-hydrogen) atoms. The van der Waals surface area contributed by atoms with Crippen molar-refractivity contribution in [3.8, 4) is 11.5 Å². The molecular weight excluding hydrogens is 655 g/mol. The molecule has 6 atom stereocenters. The van der Waals surface area contributed by atoms with E-state index in [4.69, 9.17) is 28.0 Å². The van der Waals surface area contributed by atoms with Crippen LogP contribution in [0.1, 0.15) is 48.8 Å². The summed E-state index contributed by atoms with van der Waals surface area (Å²) in [5.74, 6) is 1.39. The number of nitrogens with one attached hydrogen (secondary N) is 1. The van der Waals surface area contributed by atoms with Gasteiger partial charge in [0.1, 0.15) is 53.0 Å². The smallest absolute Gasteiger partial charge is 0.479 e. The number of benzene rings is 3. The molecule has 13 heteroatoms. The standard InChI is InChI=1S/C35H39N2O9PS/c1-22-20-37(34(39)36-33(22)38)32-19-30(46-47(40)45-23(2)24(3)48-47)31(44-32)21-43-35(25-9-7-6-8-10-25,26-11-15-28(41-4)16-12-26)27-13-17-29(42-5)18-14-27/h6-18,20,23-24,30-32,40H,19,21H2,1-5H3/p+1/t23?,24?,30-,31+,32+,47?/m0/s1. The number of aromatic amines is 1. The summed E-state index contributed by atoms with van der Waals surface area (Å²) in [5.41, 5.74) is 0.695. The molecule has 0 bridgehead atoms. The van der Waals surface area contributed by atoms with Gasteiger partial charge in [0.25, 0.3) is 5.56 Å². The summed E-state index contributed by atoms with van der Waals surface area (Å²) >= 11 is 1.28. The van der Waals surface area contributed by atoms with Crippen molar-refractivity contribution in [3.63, 3.8) is 0 Å². The zero-order chi connectivity index (χ0) is 34.1. The Morgan fingerprint density at radius 1 is 0.938 bits per heavy atom. The van der Waals surface area contributed by atoms with E-state index in [-0.39, 0.29) is 24.4 Å². The highest BCUT2D eigenvalue weighted by molar-refractivity contribution is 8.58.